The largest absolute Gasteiger partial charge is 0.463 e. The van der Waals surface area contributed by atoms with Crippen molar-refractivity contribution in [1.29, 1.82) is 0 Å². The quantitative estimate of drug-likeness (QED) is 0.502. The first-order chi connectivity index (χ1) is 9.56. The summed E-state index contributed by atoms with van der Waals surface area (Å²) >= 11 is 0. The van der Waals surface area contributed by atoms with Crippen LogP contribution in [-0.2, 0) is 16.0 Å². The summed E-state index contributed by atoms with van der Waals surface area (Å²) in [7, 11) is 0. The van der Waals surface area contributed by atoms with Crippen molar-refractivity contribution in [2.45, 2.75) is 27.3 Å². The molecule has 0 unspecified atom stereocenters. The zero-order valence-electron chi connectivity index (χ0n) is 12.8. The van der Waals surface area contributed by atoms with E-state index in [1.807, 2.05) is 12.1 Å². The molecule has 1 aromatic carbocycles. The molecule has 1 aromatic rings. The highest BCUT2D eigenvalue weighted by atomic mass is 16.7. The first kappa shape index (κ1) is 16.3. The van der Waals surface area contributed by atoms with Gasteiger partial charge in [0.05, 0.1) is 5.76 Å². The molecule has 0 amide bonds. The van der Waals surface area contributed by atoms with Crippen molar-refractivity contribution in [2.75, 3.05) is 19.9 Å². The summed E-state index contributed by atoms with van der Waals surface area (Å²) in [5.74, 6) is 1.24. The van der Waals surface area contributed by atoms with Gasteiger partial charge in [-0.15, -0.1) is 0 Å². The van der Waals surface area contributed by atoms with E-state index in [2.05, 4.69) is 44.0 Å². The van der Waals surface area contributed by atoms with Crippen LogP contribution in [0.3, 0.4) is 0 Å². The molecule has 1 rings (SSSR count). The van der Waals surface area contributed by atoms with Crippen molar-refractivity contribution < 1.29 is 9.47 Å². The Balaban J connectivity index is 2.53. The number of ether oxygens (including phenoxy) is 2. The Morgan fingerprint density at radius 1 is 1.05 bits per heavy atom. The molecule has 0 atom stereocenters. The number of allylic oxidation sites excluding steroid dienone is 1. The minimum atomic E-state index is 0.148. The maximum Gasteiger partial charge on any atom is 0.230 e. The highest BCUT2D eigenvalue weighted by molar-refractivity contribution is 5.57. The summed E-state index contributed by atoms with van der Waals surface area (Å²) < 4.78 is 10.6. The van der Waals surface area contributed by atoms with Gasteiger partial charge < -0.3 is 9.47 Å². The van der Waals surface area contributed by atoms with Crippen LogP contribution in [-0.4, -0.2) is 24.8 Å². The highest BCUT2D eigenvalue weighted by Gasteiger charge is 2.03. The Morgan fingerprint density at radius 3 is 2.15 bits per heavy atom. The molecular weight excluding hydrogens is 250 g/mol. The third-order valence-electron chi connectivity index (χ3n) is 3.12. The molecule has 0 saturated heterocycles. The third kappa shape index (κ3) is 5.49. The van der Waals surface area contributed by atoms with E-state index in [0.29, 0.717) is 11.5 Å². The van der Waals surface area contributed by atoms with E-state index >= 15 is 0 Å². The number of hydrogen-bond acceptors (Lipinski definition) is 3. The monoisotopic (exact) mass is 275 g/mol. The van der Waals surface area contributed by atoms with Gasteiger partial charge in [0.1, 0.15) is 5.76 Å². The van der Waals surface area contributed by atoms with Crippen molar-refractivity contribution in [1.82, 2.24) is 4.90 Å². The molecule has 0 aliphatic carbocycles. The second-order valence-corrected chi connectivity index (χ2v) is 4.69. The maximum absolute atomic E-state index is 5.41. The molecule has 3 heteroatoms. The summed E-state index contributed by atoms with van der Waals surface area (Å²) in [6, 6.07) is 8.29. The smallest absolute Gasteiger partial charge is 0.230 e. The first-order valence-electron chi connectivity index (χ1n) is 6.98. The molecule has 3 nitrogen and oxygen atoms in total. The van der Waals surface area contributed by atoms with Gasteiger partial charge in [0, 0.05) is 12.1 Å². The molecule has 0 spiro atoms. The molecule has 0 aliphatic heterocycles. The zero-order valence-corrected chi connectivity index (χ0v) is 12.8. The first-order valence-corrected chi connectivity index (χ1v) is 6.98. The second-order valence-electron chi connectivity index (χ2n) is 4.69. The summed E-state index contributed by atoms with van der Waals surface area (Å²) in [5, 5.41) is 0. The van der Waals surface area contributed by atoms with Crippen LogP contribution < -0.4 is 0 Å². The van der Waals surface area contributed by atoms with Crippen LogP contribution >= 0.6 is 0 Å². The molecule has 0 saturated carbocycles. The fraction of sp³-hybridized carbons (Fsp3) is 0.412. The fourth-order valence-corrected chi connectivity index (χ4v) is 1.79. The van der Waals surface area contributed by atoms with E-state index in [1.165, 1.54) is 5.56 Å². The standard InChI is InChI=1S/C17H25NO2/c1-6-18(7-2)12-16-8-10-17(11-9-16)15(5)20-13-19-14(3)4/h8-11H,3,5-7,12-13H2,1-2,4H3. The lowest BCUT2D eigenvalue weighted by Gasteiger charge is -2.18. The van der Waals surface area contributed by atoms with Crippen LogP contribution in [0.2, 0.25) is 0 Å². The van der Waals surface area contributed by atoms with Crippen molar-refractivity contribution in [3.05, 3.63) is 54.3 Å². The van der Waals surface area contributed by atoms with Crippen LogP contribution in [0.15, 0.2) is 43.2 Å². The topological polar surface area (TPSA) is 21.7 Å². The van der Waals surface area contributed by atoms with Crippen LogP contribution in [0.25, 0.3) is 5.76 Å². The van der Waals surface area contributed by atoms with Gasteiger partial charge in [-0.25, -0.2) is 0 Å². The van der Waals surface area contributed by atoms with Gasteiger partial charge in [0.15, 0.2) is 0 Å². The van der Waals surface area contributed by atoms with E-state index < -0.39 is 0 Å². The predicted octanol–water partition coefficient (Wildman–Crippen LogP) is 4.02. The van der Waals surface area contributed by atoms with E-state index in [4.69, 9.17) is 9.47 Å². The molecule has 0 heterocycles. The zero-order chi connectivity index (χ0) is 15.0. The molecule has 110 valence electrons. The minimum Gasteiger partial charge on any atom is -0.463 e. The van der Waals surface area contributed by atoms with E-state index in [9.17, 15) is 0 Å². The van der Waals surface area contributed by atoms with Crippen LogP contribution in [0.5, 0.6) is 0 Å². The fourth-order valence-electron chi connectivity index (χ4n) is 1.79. The Bertz CT molecular complexity index is 433. The van der Waals surface area contributed by atoms with Crippen LogP contribution in [0, 0.1) is 0 Å². The van der Waals surface area contributed by atoms with E-state index in [-0.39, 0.29) is 6.79 Å². The average molecular weight is 275 g/mol. The highest BCUT2D eigenvalue weighted by Crippen LogP contribution is 2.16. The normalized spacial score (nSPS) is 10.4. The lowest BCUT2D eigenvalue weighted by molar-refractivity contribution is 0.0430. The van der Waals surface area contributed by atoms with Crippen molar-refractivity contribution in [3.8, 4) is 0 Å². The van der Waals surface area contributed by atoms with Gasteiger partial charge in [-0.1, -0.05) is 51.3 Å². The van der Waals surface area contributed by atoms with E-state index in [0.717, 1.165) is 25.2 Å². The van der Waals surface area contributed by atoms with Crippen molar-refractivity contribution >= 4 is 5.76 Å². The predicted molar refractivity (Wildman–Crippen MR) is 84.0 cm³/mol. The van der Waals surface area contributed by atoms with E-state index in [1.54, 1.807) is 6.92 Å². The SMILES string of the molecule is C=C(C)OCOC(=C)c1ccc(CN(CC)CC)cc1. The van der Waals surface area contributed by atoms with Gasteiger partial charge >= 0.3 is 0 Å². The molecule has 0 bridgehead atoms. The summed E-state index contributed by atoms with van der Waals surface area (Å²) in [5.41, 5.74) is 2.27. The number of hydrogen-bond donors (Lipinski definition) is 0. The molecular formula is C17H25NO2. The maximum atomic E-state index is 5.41. The molecule has 0 aliphatic rings. The number of nitrogens with zero attached hydrogens (tertiary/aromatic N) is 1. The molecule has 0 fully saturated rings. The Kier molecular flexibility index (Phi) is 6.88. The summed E-state index contributed by atoms with van der Waals surface area (Å²) in [6.07, 6.45) is 0. The lowest BCUT2D eigenvalue weighted by Crippen LogP contribution is -2.21. The second kappa shape index (κ2) is 8.43. The number of benzene rings is 1. The Hall–Kier alpha value is -1.74. The minimum absolute atomic E-state index is 0.148. The van der Waals surface area contributed by atoms with Crippen LogP contribution in [0.4, 0.5) is 0 Å². The van der Waals surface area contributed by atoms with Crippen LogP contribution in [0.1, 0.15) is 31.9 Å². The third-order valence-corrected chi connectivity index (χ3v) is 3.12. The molecule has 0 radical (unpaired) electrons. The Labute approximate surface area is 122 Å². The molecule has 0 N–H and O–H groups in total. The molecule has 20 heavy (non-hydrogen) atoms. The lowest BCUT2D eigenvalue weighted by atomic mass is 10.1. The van der Waals surface area contributed by atoms with Gasteiger partial charge in [0.25, 0.3) is 0 Å². The van der Waals surface area contributed by atoms with Crippen molar-refractivity contribution in [2.24, 2.45) is 0 Å². The summed E-state index contributed by atoms with van der Waals surface area (Å²) in [4.78, 5) is 2.38. The number of rotatable bonds is 9. The van der Waals surface area contributed by atoms with Crippen molar-refractivity contribution in [3.63, 3.8) is 0 Å². The molecule has 0 aromatic heterocycles. The average Bonchev–Trinajstić information content (AvgIpc) is 2.44. The Morgan fingerprint density at radius 2 is 1.65 bits per heavy atom. The van der Waals surface area contributed by atoms with Gasteiger partial charge in [0.2, 0.25) is 6.79 Å². The van der Waals surface area contributed by atoms with Gasteiger partial charge in [-0.3, -0.25) is 4.90 Å². The summed E-state index contributed by atoms with van der Waals surface area (Å²) in [6.45, 7) is 16.9. The van der Waals surface area contributed by atoms with Gasteiger partial charge in [-0.05, 0) is 25.6 Å². The van der Waals surface area contributed by atoms with Gasteiger partial charge in [-0.2, -0.15) is 0 Å².